The minimum absolute atomic E-state index is 0.0381. The maximum Gasteiger partial charge on any atom is 0.324 e. The van der Waals surface area contributed by atoms with Crippen LogP contribution >= 0.6 is 11.3 Å². The first kappa shape index (κ1) is 53.1. The highest BCUT2D eigenvalue weighted by molar-refractivity contribution is 7.10. The number of methoxy groups -OCH3 is 1. The molecule has 4 aromatic rings. The number of hydrazine groups is 1. The summed E-state index contributed by atoms with van der Waals surface area (Å²) in [5.41, 5.74) is 10.6. The molecule has 2 N–H and O–H groups in total. The Kier molecular flexibility index (Phi) is 15.3. The van der Waals surface area contributed by atoms with Crippen LogP contribution in [0.3, 0.4) is 0 Å². The number of nitrogens with zero attached hydrogens (tertiary/aromatic N) is 7. The molecule has 6 bridgehead atoms. The van der Waals surface area contributed by atoms with Crippen molar-refractivity contribution < 1.29 is 42.8 Å². The number of cyclic esters (lactones) is 1. The van der Waals surface area contributed by atoms with Gasteiger partial charge in [0, 0.05) is 130 Å². The van der Waals surface area contributed by atoms with Gasteiger partial charge in [-0.1, -0.05) is 19.9 Å². The molecule has 416 valence electrons. The number of anilines is 1. The maximum absolute atomic E-state index is 15.3. The predicted octanol–water partition coefficient (Wildman–Crippen LogP) is 6.45. The fraction of sp³-hybridized carbons (Fsp3) is 0.672. The van der Waals surface area contributed by atoms with E-state index in [9.17, 15) is 9.59 Å². The first-order valence-corrected chi connectivity index (χ1v) is 29.5. The largest absolute Gasteiger partial charge is 0.464 e. The zero-order chi connectivity index (χ0) is 53.0. The number of esters is 1. The van der Waals surface area contributed by atoms with Crippen LogP contribution in [0.4, 0.5) is 5.69 Å². The number of ether oxygens (including phenoxy) is 6. The number of pyridine rings is 1. The van der Waals surface area contributed by atoms with Crippen molar-refractivity contribution in [3.63, 3.8) is 0 Å². The highest BCUT2D eigenvalue weighted by Gasteiger charge is 2.52. The number of thiazole rings is 1. The van der Waals surface area contributed by atoms with Crippen molar-refractivity contribution in [2.45, 2.75) is 147 Å². The van der Waals surface area contributed by atoms with Gasteiger partial charge in [-0.05, 0) is 95.4 Å². The van der Waals surface area contributed by atoms with E-state index >= 15 is 4.79 Å². The van der Waals surface area contributed by atoms with Crippen molar-refractivity contribution >= 4 is 45.7 Å². The lowest BCUT2D eigenvalue weighted by atomic mass is 9.74. The summed E-state index contributed by atoms with van der Waals surface area (Å²) in [5.74, 6) is -1.07. The molecule has 10 heterocycles. The molecule has 0 radical (unpaired) electrons. The van der Waals surface area contributed by atoms with Gasteiger partial charge >= 0.3 is 5.97 Å². The Labute approximate surface area is 456 Å². The summed E-state index contributed by atoms with van der Waals surface area (Å²) in [7, 11) is 1.74. The second kappa shape index (κ2) is 22.2. The van der Waals surface area contributed by atoms with Crippen LogP contribution in [0.25, 0.3) is 33.4 Å². The standard InChI is InChI=1S/C58H79N9O9S/c1-36-26-48(76-36)53(68)61-50-52(65-32-58(33-65)15-7-22-73-35-58)54-60-46(31-77-54)38-9-12-47-42(27-38)44(29-57(3,4)34-75-56(70)45-8-6-16-67(62-45)55(50)69)51(66(47)21-25-74-41-13-23-72-24-14-41)43-28-40(30-59-49(43)37(2)71-5)64-19-17-63(18-20-64)39-10-11-39/h9,12,27-28,30-31,36-37,39,41,45,48,50,52,62H,6-8,10-11,13-26,29,32-35H2,1-5H3,(H,61,68)/t36-,37+,45+,48+,50+,52+/m1/s1. The van der Waals surface area contributed by atoms with Crippen LogP contribution in [0, 0.1) is 10.8 Å². The number of carbonyl (C=O) groups excluding carboxylic acids is 3. The molecule has 2 amide bonds. The minimum Gasteiger partial charge on any atom is -0.464 e. The highest BCUT2D eigenvalue weighted by atomic mass is 32.1. The summed E-state index contributed by atoms with van der Waals surface area (Å²) in [6.07, 6.45) is 9.67. The quantitative estimate of drug-likeness (QED) is 0.148. The van der Waals surface area contributed by atoms with Gasteiger partial charge in [0.05, 0.1) is 73.1 Å². The number of amides is 2. The molecule has 3 aromatic heterocycles. The molecule has 1 spiro atoms. The predicted molar refractivity (Wildman–Crippen MR) is 292 cm³/mol. The van der Waals surface area contributed by atoms with Gasteiger partial charge in [0.1, 0.15) is 23.2 Å². The van der Waals surface area contributed by atoms with Crippen LogP contribution in [-0.4, -0.2) is 176 Å². The summed E-state index contributed by atoms with van der Waals surface area (Å²) in [5, 5.41) is 8.63. The minimum atomic E-state index is -1.04. The van der Waals surface area contributed by atoms with Crippen LogP contribution in [0.15, 0.2) is 35.8 Å². The average Bonchev–Trinajstić information content (AvgIpc) is 4.14. The van der Waals surface area contributed by atoms with Gasteiger partial charge in [-0.25, -0.2) is 10.4 Å². The van der Waals surface area contributed by atoms with Crippen LogP contribution in [0.1, 0.15) is 114 Å². The monoisotopic (exact) mass is 1080 g/mol. The molecule has 1 aromatic carbocycles. The lowest BCUT2D eigenvalue weighted by molar-refractivity contribution is -0.166. The summed E-state index contributed by atoms with van der Waals surface area (Å²) in [6.45, 7) is 18.0. The molecule has 19 heteroatoms. The van der Waals surface area contributed by atoms with Gasteiger partial charge in [0.2, 0.25) is 5.91 Å². The first-order chi connectivity index (χ1) is 37.3. The van der Waals surface area contributed by atoms with E-state index in [0.29, 0.717) is 78.3 Å². The van der Waals surface area contributed by atoms with E-state index in [1.54, 1.807) is 7.11 Å². The fourth-order valence-electron chi connectivity index (χ4n) is 13.2. The lowest BCUT2D eigenvalue weighted by Gasteiger charge is -2.55. The normalized spacial score (nSPS) is 27.9. The van der Waals surface area contributed by atoms with Gasteiger partial charge in [-0.3, -0.25) is 34.2 Å². The second-order valence-electron chi connectivity index (χ2n) is 24.1. The van der Waals surface area contributed by atoms with Crippen LogP contribution in [0.2, 0.25) is 0 Å². The van der Waals surface area contributed by atoms with Gasteiger partial charge in [-0.2, -0.15) is 0 Å². The number of hydrogen-bond acceptors (Lipinski definition) is 16. The molecule has 7 aliphatic heterocycles. The third-order valence-corrected chi connectivity index (χ3v) is 18.6. The second-order valence-corrected chi connectivity index (χ2v) is 25.0. The summed E-state index contributed by atoms with van der Waals surface area (Å²) in [6, 6.07) is 7.31. The van der Waals surface area contributed by atoms with E-state index in [1.807, 2.05) is 13.1 Å². The topological polar surface area (TPSA) is 174 Å². The van der Waals surface area contributed by atoms with Crippen molar-refractivity contribution in [2.24, 2.45) is 10.8 Å². The molecule has 1 aliphatic carbocycles. The van der Waals surface area contributed by atoms with Crippen LogP contribution < -0.4 is 15.6 Å². The SMILES string of the molecule is CO[C@@H](C)c1ncc(N2CCN(C3CC3)CC2)cc1-c1c2c3cc(ccc3n1CCOC1CCOCC1)-c1csc(n1)[C@@H](N1CC3(CCCOC3)C1)[C@H](NC(=O)[C@@H]1C[C@@H](C)O1)C(=O)N1CCC[C@H](N1)C(=O)OCC(C)(C)C2. The molecule has 6 saturated heterocycles. The van der Waals surface area contributed by atoms with Crippen molar-refractivity contribution in [1.29, 1.82) is 0 Å². The Morgan fingerprint density at radius 3 is 2.52 bits per heavy atom. The van der Waals surface area contributed by atoms with E-state index in [2.05, 4.69) is 80.4 Å². The Bertz CT molecular complexity index is 2780. The zero-order valence-corrected chi connectivity index (χ0v) is 46.6. The van der Waals surface area contributed by atoms with Crippen molar-refractivity contribution in [3.8, 4) is 22.5 Å². The molecule has 7 fully saturated rings. The van der Waals surface area contributed by atoms with Crippen LogP contribution in [0.5, 0.6) is 0 Å². The zero-order valence-electron chi connectivity index (χ0n) is 45.8. The smallest absolute Gasteiger partial charge is 0.324 e. The van der Waals surface area contributed by atoms with E-state index in [0.717, 1.165) is 120 Å². The van der Waals surface area contributed by atoms with E-state index in [4.69, 9.17) is 38.4 Å². The Hall–Kier alpha value is -4.57. The third kappa shape index (κ3) is 11.1. The van der Waals surface area contributed by atoms with Gasteiger partial charge in [-0.15, -0.1) is 11.3 Å². The van der Waals surface area contributed by atoms with E-state index < -0.39 is 35.6 Å². The number of piperazine rings is 1. The Morgan fingerprint density at radius 2 is 1.78 bits per heavy atom. The number of benzene rings is 1. The number of nitrogens with one attached hydrogen (secondary N) is 2. The molecular weight excluding hydrogens is 999 g/mol. The Balaban J connectivity index is 0.999. The summed E-state index contributed by atoms with van der Waals surface area (Å²) >= 11 is 1.51. The molecule has 0 unspecified atom stereocenters. The molecule has 8 aliphatic rings. The number of hydrogen-bond donors (Lipinski definition) is 2. The van der Waals surface area contributed by atoms with Crippen molar-refractivity contribution in [3.05, 3.63) is 52.1 Å². The Morgan fingerprint density at radius 1 is 0.974 bits per heavy atom. The van der Waals surface area contributed by atoms with Gasteiger partial charge < -0.3 is 43.2 Å². The van der Waals surface area contributed by atoms with Crippen molar-refractivity contribution in [1.82, 2.24) is 40.1 Å². The average molecular weight is 1080 g/mol. The molecule has 6 atom stereocenters. The molecule has 18 nitrogen and oxygen atoms in total. The van der Waals surface area contributed by atoms with Gasteiger partial charge in [0.15, 0.2) is 0 Å². The summed E-state index contributed by atoms with van der Waals surface area (Å²) in [4.78, 5) is 62.0. The molecular formula is C58H79N9O9S. The molecule has 12 rings (SSSR count). The van der Waals surface area contributed by atoms with Crippen molar-refractivity contribution in [2.75, 3.05) is 97.5 Å². The fourth-order valence-corrected chi connectivity index (χ4v) is 14.2. The number of rotatable bonds is 12. The highest BCUT2D eigenvalue weighted by Crippen LogP contribution is 2.47. The van der Waals surface area contributed by atoms with E-state index in [1.165, 1.54) is 29.2 Å². The number of likely N-dealkylation sites (tertiary alicyclic amines) is 1. The van der Waals surface area contributed by atoms with Gasteiger partial charge in [0.25, 0.3) is 5.91 Å². The van der Waals surface area contributed by atoms with Crippen LogP contribution in [-0.2, 0) is 55.8 Å². The molecule has 77 heavy (non-hydrogen) atoms. The molecule has 1 saturated carbocycles. The maximum atomic E-state index is 15.3. The number of carbonyl (C=O) groups is 3. The van der Waals surface area contributed by atoms with E-state index in [-0.39, 0.29) is 42.1 Å². The number of fused-ring (bicyclic) bond motifs is 6. The summed E-state index contributed by atoms with van der Waals surface area (Å²) < 4.78 is 39.2. The third-order valence-electron chi connectivity index (χ3n) is 17.7. The first-order valence-electron chi connectivity index (χ1n) is 28.7. The number of aromatic nitrogens is 3. The lowest BCUT2D eigenvalue weighted by Crippen LogP contribution is -2.67.